The Balaban J connectivity index is 2.25. The van der Waals surface area contributed by atoms with Crippen molar-refractivity contribution >= 4 is 21.6 Å². The van der Waals surface area contributed by atoms with Gasteiger partial charge in [-0.2, -0.15) is 0 Å². The van der Waals surface area contributed by atoms with Crippen molar-refractivity contribution in [3.63, 3.8) is 0 Å². The number of nitrogens with zero attached hydrogens (tertiary/aromatic N) is 1. The standard InChI is InChI=1S/C18H23N3O3S/c1-13(2)8-9-20-18(22)16-6-4-5-7-17(16)25(23,24)21-15-10-14(3)11-19-12-15/h4-7,10-13,21H,8-9H2,1-3H3,(H,20,22). The van der Waals surface area contributed by atoms with Crippen molar-refractivity contribution in [1.29, 1.82) is 0 Å². The Morgan fingerprint density at radius 3 is 2.60 bits per heavy atom. The predicted molar refractivity (Wildman–Crippen MR) is 98.0 cm³/mol. The number of sulfonamides is 1. The maximum absolute atomic E-state index is 12.7. The smallest absolute Gasteiger partial charge is 0.262 e. The van der Waals surface area contributed by atoms with Crippen LogP contribution in [0.15, 0.2) is 47.6 Å². The Morgan fingerprint density at radius 2 is 1.92 bits per heavy atom. The molecule has 0 saturated carbocycles. The van der Waals surface area contributed by atoms with Crippen LogP contribution in [-0.4, -0.2) is 25.9 Å². The maximum Gasteiger partial charge on any atom is 0.262 e. The first-order valence-electron chi connectivity index (χ1n) is 8.11. The van der Waals surface area contributed by atoms with Gasteiger partial charge in [0.2, 0.25) is 0 Å². The molecule has 0 aliphatic rings. The van der Waals surface area contributed by atoms with Crippen molar-refractivity contribution in [1.82, 2.24) is 10.3 Å². The first-order chi connectivity index (χ1) is 11.8. The summed E-state index contributed by atoms with van der Waals surface area (Å²) in [6, 6.07) is 7.84. The summed E-state index contributed by atoms with van der Waals surface area (Å²) in [7, 11) is -3.90. The first kappa shape index (κ1) is 18.9. The Hall–Kier alpha value is -2.41. The third-order valence-electron chi connectivity index (χ3n) is 3.56. The molecule has 0 atom stereocenters. The molecule has 0 radical (unpaired) electrons. The van der Waals surface area contributed by atoms with E-state index in [1.165, 1.54) is 18.3 Å². The molecule has 6 nitrogen and oxygen atoms in total. The summed E-state index contributed by atoms with van der Waals surface area (Å²) < 4.78 is 27.9. The molecular weight excluding hydrogens is 338 g/mol. The average Bonchev–Trinajstić information content (AvgIpc) is 2.54. The van der Waals surface area contributed by atoms with Crippen molar-refractivity contribution in [3.8, 4) is 0 Å². The van der Waals surface area contributed by atoms with Gasteiger partial charge in [0, 0.05) is 12.7 Å². The number of carbonyl (C=O) groups is 1. The molecule has 0 fully saturated rings. The van der Waals surface area contributed by atoms with Gasteiger partial charge >= 0.3 is 0 Å². The maximum atomic E-state index is 12.7. The Bertz CT molecular complexity index is 848. The number of benzene rings is 1. The van der Waals surface area contributed by atoms with Crippen LogP contribution >= 0.6 is 0 Å². The predicted octanol–water partition coefficient (Wildman–Crippen LogP) is 2.97. The van der Waals surface area contributed by atoms with E-state index in [9.17, 15) is 13.2 Å². The van der Waals surface area contributed by atoms with Gasteiger partial charge in [0.15, 0.2) is 0 Å². The number of hydrogen-bond donors (Lipinski definition) is 2. The van der Waals surface area contributed by atoms with Gasteiger partial charge in [-0.1, -0.05) is 26.0 Å². The van der Waals surface area contributed by atoms with Crippen molar-refractivity contribution in [2.75, 3.05) is 11.3 Å². The summed E-state index contributed by atoms with van der Waals surface area (Å²) in [6.45, 7) is 6.44. The van der Waals surface area contributed by atoms with E-state index in [2.05, 4.69) is 28.9 Å². The highest BCUT2D eigenvalue weighted by molar-refractivity contribution is 7.92. The number of carbonyl (C=O) groups excluding carboxylic acids is 1. The fourth-order valence-corrected chi connectivity index (χ4v) is 3.52. The number of aromatic nitrogens is 1. The van der Waals surface area contributed by atoms with Crippen LogP contribution in [0.1, 0.15) is 36.2 Å². The number of amides is 1. The minimum absolute atomic E-state index is 0.0569. The second-order valence-electron chi connectivity index (χ2n) is 6.29. The van der Waals surface area contributed by atoms with Crippen LogP contribution in [0, 0.1) is 12.8 Å². The molecule has 1 heterocycles. The van der Waals surface area contributed by atoms with E-state index < -0.39 is 15.9 Å². The Kier molecular flexibility index (Phi) is 6.14. The van der Waals surface area contributed by atoms with Crippen molar-refractivity contribution < 1.29 is 13.2 Å². The minimum atomic E-state index is -3.90. The molecule has 0 unspecified atom stereocenters. The van der Waals surface area contributed by atoms with Gasteiger partial charge in [0.05, 0.1) is 17.4 Å². The Morgan fingerprint density at radius 1 is 1.20 bits per heavy atom. The molecule has 0 spiro atoms. The third kappa shape index (κ3) is 5.29. The minimum Gasteiger partial charge on any atom is -0.352 e. The molecule has 0 aliphatic carbocycles. The van der Waals surface area contributed by atoms with Crippen molar-refractivity contribution in [3.05, 3.63) is 53.9 Å². The number of rotatable bonds is 7. The molecule has 134 valence electrons. The number of aryl methyl sites for hydroxylation is 1. The third-order valence-corrected chi connectivity index (χ3v) is 5.00. The van der Waals surface area contributed by atoms with E-state index in [1.807, 2.05) is 6.92 Å². The average molecular weight is 361 g/mol. The molecule has 2 rings (SSSR count). The lowest BCUT2D eigenvalue weighted by atomic mass is 10.1. The monoisotopic (exact) mass is 361 g/mol. The van der Waals surface area contributed by atoms with Gasteiger partial charge in [-0.15, -0.1) is 0 Å². The molecule has 1 amide bonds. The van der Waals surface area contributed by atoms with Crippen molar-refractivity contribution in [2.24, 2.45) is 5.92 Å². The highest BCUT2D eigenvalue weighted by atomic mass is 32.2. The molecule has 2 N–H and O–H groups in total. The second kappa shape index (κ2) is 8.11. The van der Waals surface area contributed by atoms with Gasteiger partial charge < -0.3 is 5.32 Å². The molecule has 0 bridgehead atoms. The van der Waals surface area contributed by atoms with Crippen LogP contribution in [0.4, 0.5) is 5.69 Å². The summed E-state index contributed by atoms with van der Waals surface area (Å²) in [5.41, 5.74) is 1.31. The van der Waals surface area contributed by atoms with Gasteiger partial charge in [-0.05, 0) is 43.0 Å². The highest BCUT2D eigenvalue weighted by Crippen LogP contribution is 2.20. The van der Waals surface area contributed by atoms with Gasteiger partial charge in [0.25, 0.3) is 15.9 Å². The molecule has 7 heteroatoms. The van der Waals surface area contributed by atoms with Crippen molar-refractivity contribution in [2.45, 2.75) is 32.1 Å². The largest absolute Gasteiger partial charge is 0.352 e. The number of pyridine rings is 1. The molecule has 1 aromatic heterocycles. The number of hydrogen-bond acceptors (Lipinski definition) is 4. The summed E-state index contributed by atoms with van der Waals surface area (Å²) >= 11 is 0. The quantitative estimate of drug-likeness (QED) is 0.793. The SMILES string of the molecule is Cc1cncc(NS(=O)(=O)c2ccccc2C(=O)NCCC(C)C)c1. The summed E-state index contributed by atoms with van der Waals surface area (Å²) in [5.74, 6) is 0.0544. The summed E-state index contributed by atoms with van der Waals surface area (Å²) in [6.07, 6.45) is 3.89. The lowest BCUT2D eigenvalue weighted by Gasteiger charge is -2.13. The fraction of sp³-hybridized carbons (Fsp3) is 0.333. The number of anilines is 1. The molecule has 2 aromatic rings. The number of nitrogens with one attached hydrogen (secondary N) is 2. The second-order valence-corrected chi connectivity index (χ2v) is 7.94. The zero-order valence-corrected chi connectivity index (χ0v) is 15.4. The van der Waals surface area contributed by atoms with E-state index in [4.69, 9.17) is 0 Å². The molecular formula is C18H23N3O3S. The van der Waals surface area contributed by atoms with E-state index in [-0.39, 0.29) is 10.5 Å². The lowest BCUT2D eigenvalue weighted by molar-refractivity contribution is 0.0948. The van der Waals surface area contributed by atoms with E-state index in [0.29, 0.717) is 18.2 Å². The van der Waals surface area contributed by atoms with Crippen LogP contribution in [0.3, 0.4) is 0 Å². The summed E-state index contributed by atoms with van der Waals surface area (Å²) in [5, 5.41) is 2.77. The zero-order valence-electron chi connectivity index (χ0n) is 14.6. The van der Waals surface area contributed by atoms with E-state index >= 15 is 0 Å². The molecule has 25 heavy (non-hydrogen) atoms. The van der Waals surface area contributed by atoms with Crippen LogP contribution in [-0.2, 0) is 10.0 Å². The van der Waals surface area contributed by atoms with Crippen LogP contribution in [0.25, 0.3) is 0 Å². The van der Waals surface area contributed by atoms with Crippen LogP contribution in [0.2, 0.25) is 0 Å². The summed E-state index contributed by atoms with van der Waals surface area (Å²) in [4.78, 5) is 16.3. The molecule has 1 aromatic carbocycles. The zero-order chi connectivity index (χ0) is 18.4. The molecule has 0 aliphatic heterocycles. The normalized spacial score (nSPS) is 11.4. The van der Waals surface area contributed by atoms with E-state index in [1.54, 1.807) is 24.4 Å². The molecule has 0 saturated heterocycles. The Labute approximate surface area is 148 Å². The van der Waals surface area contributed by atoms with Crippen LogP contribution in [0.5, 0.6) is 0 Å². The first-order valence-corrected chi connectivity index (χ1v) is 9.59. The fourth-order valence-electron chi connectivity index (χ4n) is 2.28. The lowest BCUT2D eigenvalue weighted by Crippen LogP contribution is -2.28. The topological polar surface area (TPSA) is 88.2 Å². The van der Waals surface area contributed by atoms with Gasteiger partial charge in [-0.25, -0.2) is 8.42 Å². The van der Waals surface area contributed by atoms with Crippen LogP contribution < -0.4 is 10.0 Å². The van der Waals surface area contributed by atoms with Gasteiger partial charge in [-0.3, -0.25) is 14.5 Å². The van der Waals surface area contributed by atoms with E-state index in [0.717, 1.165) is 12.0 Å². The highest BCUT2D eigenvalue weighted by Gasteiger charge is 2.22. The van der Waals surface area contributed by atoms with Gasteiger partial charge in [0.1, 0.15) is 4.90 Å².